The molecule has 20 heavy (non-hydrogen) atoms. The van der Waals surface area contributed by atoms with Crippen LogP contribution in [0.2, 0.25) is 0 Å². The maximum Gasteiger partial charge on any atom is 0.138 e. The second kappa shape index (κ2) is 7.40. The molecular formula is C14H19BrN4O. The third-order valence-corrected chi connectivity index (χ3v) is 3.43. The average Bonchev–Trinajstić information content (AvgIpc) is 2.84. The van der Waals surface area contributed by atoms with E-state index in [2.05, 4.69) is 44.5 Å². The number of hydrogen-bond acceptors (Lipinski definition) is 4. The standard InChI is InChI=1S/C14H19BrN4O/c1-3-7-16-8-11-5-4-6-13(15)14(11)20-10-12-9-19(2)18-17-12/h4-6,9,16H,3,7-8,10H2,1-2H3. The van der Waals surface area contributed by atoms with Gasteiger partial charge in [-0.05, 0) is 35.0 Å². The summed E-state index contributed by atoms with van der Waals surface area (Å²) in [4.78, 5) is 0. The van der Waals surface area contributed by atoms with Gasteiger partial charge in [0.1, 0.15) is 18.1 Å². The minimum Gasteiger partial charge on any atom is -0.486 e. The summed E-state index contributed by atoms with van der Waals surface area (Å²) >= 11 is 3.54. The Bertz CT molecular complexity index is 556. The van der Waals surface area contributed by atoms with Gasteiger partial charge in [-0.3, -0.25) is 4.68 Å². The smallest absolute Gasteiger partial charge is 0.138 e. The molecule has 0 fully saturated rings. The quantitative estimate of drug-likeness (QED) is 0.788. The van der Waals surface area contributed by atoms with E-state index in [1.165, 1.54) is 0 Å². The first-order valence-corrected chi connectivity index (χ1v) is 7.46. The van der Waals surface area contributed by atoms with Crippen molar-refractivity contribution in [2.45, 2.75) is 26.5 Å². The Morgan fingerprint density at radius 2 is 2.25 bits per heavy atom. The number of aryl methyl sites for hydroxylation is 1. The van der Waals surface area contributed by atoms with Gasteiger partial charge in [0, 0.05) is 19.2 Å². The Hall–Kier alpha value is -1.40. The van der Waals surface area contributed by atoms with E-state index in [4.69, 9.17) is 4.74 Å². The van der Waals surface area contributed by atoms with Crippen LogP contribution in [0.4, 0.5) is 0 Å². The van der Waals surface area contributed by atoms with Gasteiger partial charge in [-0.25, -0.2) is 0 Å². The predicted octanol–water partition coefficient (Wildman–Crippen LogP) is 2.66. The molecule has 6 heteroatoms. The molecule has 0 aliphatic carbocycles. The second-order valence-corrected chi connectivity index (χ2v) is 5.43. The van der Waals surface area contributed by atoms with Crippen molar-refractivity contribution in [3.8, 4) is 5.75 Å². The maximum atomic E-state index is 5.90. The third-order valence-electron chi connectivity index (χ3n) is 2.81. The van der Waals surface area contributed by atoms with Gasteiger partial charge < -0.3 is 10.1 Å². The first kappa shape index (κ1) is 15.0. The van der Waals surface area contributed by atoms with Crippen LogP contribution in [0.25, 0.3) is 0 Å². The highest BCUT2D eigenvalue weighted by Gasteiger charge is 2.09. The van der Waals surface area contributed by atoms with E-state index in [1.807, 2.05) is 25.4 Å². The SMILES string of the molecule is CCCNCc1cccc(Br)c1OCc1cn(C)nn1. The zero-order chi connectivity index (χ0) is 14.4. The lowest BCUT2D eigenvalue weighted by atomic mass is 10.2. The number of hydrogen-bond donors (Lipinski definition) is 1. The molecule has 5 nitrogen and oxygen atoms in total. The van der Waals surface area contributed by atoms with Crippen LogP contribution in [-0.4, -0.2) is 21.5 Å². The molecule has 1 aromatic heterocycles. The summed E-state index contributed by atoms with van der Waals surface area (Å²) in [5.74, 6) is 0.863. The zero-order valence-electron chi connectivity index (χ0n) is 11.8. The summed E-state index contributed by atoms with van der Waals surface area (Å²) < 4.78 is 8.52. The number of para-hydroxylation sites is 1. The van der Waals surface area contributed by atoms with Gasteiger partial charge >= 0.3 is 0 Å². The molecule has 108 valence electrons. The summed E-state index contributed by atoms with van der Waals surface area (Å²) in [7, 11) is 1.84. The van der Waals surface area contributed by atoms with E-state index < -0.39 is 0 Å². The number of halogens is 1. The number of ether oxygens (including phenoxy) is 1. The molecule has 0 unspecified atom stereocenters. The molecular weight excluding hydrogens is 320 g/mol. The number of rotatable bonds is 7. The zero-order valence-corrected chi connectivity index (χ0v) is 13.4. The van der Waals surface area contributed by atoms with Crippen LogP contribution in [0, 0.1) is 0 Å². The van der Waals surface area contributed by atoms with Gasteiger partial charge in [0.2, 0.25) is 0 Å². The Kier molecular flexibility index (Phi) is 5.55. The van der Waals surface area contributed by atoms with Crippen LogP contribution in [0.5, 0.6) is 5.75 Å². The molecule has 0 aliphatic rings. The normalized spacial score (nSPS) is 10.8. The molecule has 0 amide bonds. The molecule has 1 N–H and O–H groups in total. The lowest BCUT2D eigenvalue weighted by Gasteiger charge is -2.13. The van der Waals surface area contributed by atoms with E-state index in [-0.39, 0.29) is 0 Å². The van der Waals surface area contributed by atoms with Crippen molar-refractivity contribution in [3.63, 3.8) is 0 Å². The topological polar surface area (TPSA) is 52.0 Å². The monoisotopic (exact) mass is 338 g/mol. The summed E-state index contributed by atoms with van der Waals surface area (Å²) in [6.45, 7) is 4.36. The summed E-state index contributed by atoms with van der Waals surface area (Å²) in [6.07, 6.45) is 2.97. The molecule has 0 spiro atoms. The molecule has 0 saturated heterocycles. The molecule has 1 heterocycles. The van der Waals surface area contributed by atoms with Gasteiger partial charge in [-0.15, -0.1) is 5.10 Å². The van der Waals surface area contributed by atoms with Gasteiger partial charge in [0.05, 0.1) is 10.7 Å². The fraction of sp³-hybridized carbons (Fsp3) is 0.429. The van der Waals surface area contributed by atoms with Crippen molar-refractivity contribution >= 4 is 15.9 Å². The summed E-state index contributed by atoms with van der Waals surface area (Å²) in [5.41, 5.74) is 1.95. The highest BCUT2D eigenvalue weighted by molar-refractivity contribution is 9.10. The van der Waals surface area contributed by atoms with Crippen LogP contribution < -0.4 is 10.1 Å². The fourth-order valence-electron chi connectivity index (χ4n) is 1.86. The first-order valence-electron chi connectivity index (χ1n) is 6.66. The van der Waals surface area contributed by atoms with E-state index in [0.717, 1.165) is 41.0 Å². The van der Waals surface area contributed by atoms with Crippen LogP contribution in [0.3, 0.4) is 0 Å². The molecule has 0 atom stereocenters. The predicted molar refractivity (Wildman–Crippen MR) is 81.5 cm³/mol. The average molecular weight is 339 g/mol. The third kappa shape index (κ3) is 4.05. The lowest BCUT2D eigenvalue weighted by molar-refractivity contribution is 0.295. The maximum absolute atomic E-state index is 5.90. The lowest BCUT2D eigenvalue weighted by Crippen LogP contribution is -2.14. The molecule has 0 saturated carbocycles. The highest BCUT2D eigenvalue weighted by atomic mass is 79.9. The fourth-order valence-corrected chi connectivity index (χ4v) is 2.38. The van der Waals surface area contributed by atoms with Crippen molar-refractivity contribution < 1.29 is 4.74 Å². The molecule has 0 radical (unpaired) electrons. The largest absolute Gasteiger partial charge is 0.486 e. The molecule has 2 aromatic rings. The number of nitrogens with zero attached hydrogens (tertiary/aromatic N) is 3. The molecule has 0 aliphatic heterocycles. The van der Waals surface area contributed by atoms with Crippen molar-refractivity contribution in [1.82, 2.24) is 20.3 Å². The van der Waals surface area contributed by atoms with Crippen molar-refractivity contribution in [3.05, 3.63) is 40.1 Å². The Morgan fingerprint density at radius 1 is 1.40 bits per heavy atom. The van der Waals surface area contributed by atoms with E-state index in [1.54, 1.807) is 4.68 Å². The summed E-state index contributed by atoms with van der Waals surface area (Å²) in [5, 5.41) is 11.3. The van der Waals surface area contributed by atoms with Crippen LogP contribution >= 0.6 is 15.9 Å². The number of nitrogens with one attached hydrogen (secondary N) is 1. The minimum absolute atomic E-state index is 0.414. The van der Waals surface area contributed by atoms with Gasteiger partial charge in [-0.1, -0.05) is 24.3 Å². The van der Waals surface area contributed by atoms with Gasteiger partial charge in [0.15, 0.2) is 0 Å². The van der Waals surface area contributed by atoms with E-state index in [9.17, 15) is 0 Å². The second-order valence-electron chi connectivity index (χ2n) is 4.58. The minimum atomic E-state index is 0.414. The van der Waals surface area contributed by atoms with Crippen LogP contribution in [0.15, 0.2) is 28.9 Å². The number of benzene rings is 1. The highest BCUT2D eigenvalue weighted by Crippen LogP contribution is 2.29. The van der Waals surface area contributed by atoms with E-state index in [0.29, 0.717) is 6.61 Å². The Morgan fingerprint density at radius 3 is 2.95 bits per heavy atom. The molecule has 2 rings (SSSR count). The van der Waals surface area contributed by atoms with Crippen LogP contribution in [0.1, 0.15) is 24.6 Å². The molecule has 1 aromatic carbocycles. The van der Waals surface area contributed by atoms with E-state index >= 15 is 0 Å². The van der Waals surface area contributed by atoms with Gasteiger partial charge in [0.25, 0.3) is 0 Å². The Labute approximate surface area is 127 Å². The number of aromatic nitrogens is 3. The Balaban J connectivity index is 2.04. The van der Waals surface area contributed by atoms with Gasteiger partial charge in [-0.2, -0.15) is 0 Å². The van der Waals surface area contributed by atoms with Crippen LogP contribution in [-0.2, 0) is 20.2 Å². The van der Waals surface area contributed by atoms with Crippen molar-refractivity contribution in [2.75, 3.05) is 6.54 Å². The van der Waals surface area contributed by atoms with Crippen molar-refractivity contribution in [1.29, 1.82) is 0 Å². The summed E-state index contributed by atoms with van der Waals surface area (Å²) in [6, 6.07) is 6.07. The first-order chi connectivity index (χ1) is 9.70. The van der Waals surface area contributed by atoms with Crippen molar-refractivity contribution in [2.24, 2.45) is 7.05 Å². The molecule has 0 bridgehead atoms.